The molecule has 1 saturated heterocycles. The minimum Gasteiger partial charge on any atom is -0.489 e. The van der Waals surface area contributed by atoms with Crippen LogP contribution in [0.3, 0.4) is 0 Å². The van der Waals surface area contributed by atoms with Crippen LogP contribution in [-0.2, 0) is 11.3 Å². The van der Waals surface area contributed by atoms with Crippen LogP contribution in [0.4, 0.5) is 4.79 Å². The highest BCUT2D eigenvalue weighted by Crippen LogP contribution is 2.52. The Bertz CT molecular complexity index is 1770. The first kappa shape index (κ1) is 31.1. The summed E-state index contributed by atoms with van der Waals surface area (Å²) in [5, 5.41) is 0.851. The average Bonchev–Trinajstić information content (AvgIpc) is 3.30. The topological polar surface area (TPSA) is 68.2 Å². The molecule has 1 unspecified atom stereocenters. The highest BCUT2D eigenvalue weighted by atomic mass is 79.9. The lowest BCUT2D eigenvalue weighted by Crippen LogP contribution is -2.41. The van der Waals surface area contributed by atoms with Crippen LogP contribution >= 0.6 is 26.7 Å². The number of benzene rings is 4. The van der Waals surface area contributed by atoms with E-state index >= 15 is 0 Å². The zero-order valence-corrected chi connectivity index (χ0v) is 28.1. The largest absolute Gasteiger partial charge is 0.489 e. The quantitative estimate of drug-likeness (QED) is 0.173. The second-order valence-electron chi connectivity index (χ2n) is 12.3. The molecule has 1 aromatic heterocycles. The number of likely N-dealkylation sites (tertiary alicyclic amines) is 1. The summed E-state index contributed by atoms with van der Waals surface area (Å²) in [5.74, 6) is 2.40. The Morgan fingerprint density at radius 2 is 1.58 bits per heavy atom. The number of hydrogen-bond donors (Lipinski definition) is 1. The van der Waals surface area contributed by atoms with E-state index in [-0.39, 0.29) is 6.09 Å². The molecular weight excluding hydrogens is 650 g/mol. The third-order valence-corrected chi connectivity index (χ3v) is 9.97. The zero-order valence-electron chi connectivity index (χ0n) is 25.7. The number of amides is 1. The molecule has 6 nitrogen and oxygen atoms in total. The van der Waals surface area contributed by atoms with E-state index in [9.17, 15) is 9.35 Å². The van der Waals surface area contributed by atoms with Gasteiger partial charge in [-0.1, -0.05) is 58.4 Å². The molecule has 2 heterocycles. The van der Waals surface area contributed by atoms with E-state index in [1.807, 2.05) is 106 Å². The Morgan fingerprint density at radius 3 is 2.24 bits per heavy atom. The van der Waals surface area contributed by atoms with Crippen molar-refractivity contribution in [1.29, 1.82) is 0 Å². The van der Waals surface area contributed by atoms with E-state index < -0.39 is 16.4 Å². The number of carbonyl (C=O) groups is 1. The summed E-state index contributed by atoms with van der Waals surface area (Å²) in [4.78, 5) is 15.0. The van der Waals surface area contributed by atoms with Gasteiger partial charge in [0.15, 0.2) is 10.8 Å². The number of hydrogen-bond acceptors (Lipinski definition) is 5. The summed E-state index contributed by atoms with van der Waals surface area (Å²) in [5.41, 5.74) is 2.71. The van der Waals surface area contributed by atoms with Crippen LogP contribution in [0.5, 0.6) is 17.2 Å². The Labute approximate surface area is 275 Å². The lowest BCUT2D eigenvalue weighted by molar-refractivity contribution is 0.0205. The smallest absolute Gasteiger partial charge is 0.410 e. The lowest BCUT2D eigenvalue weighted by atomic mass is 9.89. The fourth-order valence-electron chi connectivity index (χ4n) is 5.59. The molecule has 6 rings (SSSR count). The third-order valence-electron chi connectivity index (χ3n) is 7.88. The van der Waals surface area contributed by atoms with Gasteiger partial charge in [-0.2, -0.15) is 4.55 Å². The van der Waals surface area contributed by atoms with Gasteiger partial charge < -0.3 is 19.1 Å². The number of rotatable bonds is 7. The first-order valence-electron chi connectivity index (χ1n) is 15.1. The second kappa shape index (κ2) is 13.3. The normalized spacial score (nSPS) is 14.4. The Kier molecular flexibility index (Phi) is 9.17. The van der Waals surface area contributed by atoms with Gasteiger partial charge in [0.05, 0.1) is 5.39 Å². The standard InChI is InChI=1S/C37H37BrNO5S/c1-37(2,3)44-36(40)39-21-19-27(20-22-39)26-11-15-30(16-12-26)43-34-32-18-17-31(42-24-25-7-5-4-6-8-25)23-33(32)45(41)35(34)28-9-13-29(38)14-10-28/h4-18,23,27,41H,19-22,24H2,1-3H3/q+1. The van der Waals surface area contributed by atoms with E-state index in [4.69, 9.17) is 14.2 Å². The van der Waals surface area contributed by atoms with Gasteiger partial charge in [-0.3, -0.25) is 0 Å². The summed E-state index contributed by atoms with van der Waals surface area (Å²) < 4.78 is 31.6. The molecule has 232 valence electrons. The SMILES string of the molecule is CC(C)(C)OC(=O)N1CCC(c2ccc(Oc3c(-c4ccc(Br)cc4)[s+](O)c4cc(OCc5ccccc5)ccc34)cc2)CC1. The van der Waals surface area contributed by atoms with Crippen molar-refractivity contribution in [2.45, 2.75) is 51.7 Å². The molecule has 5 aromatic rings. The molecule has 1 atom stereocenters. The Morgan fingerprint density at radius 1 is 0.911 bits per heavy atom. The third kappa shape index (κ3) is 7.35. The van der Waals surface area contributed by atoms with Crippen molar-refractivity contribution in [3.63, 3.8) is 0 Å². The predicted molar refractivity (Wildman–Crippen MR) is 184 cm³/mol. The van der Waals surface area contributed by atoms with E-state index in [0.717, 1.165) is 43.4 Å². The zero-order chi connectivity index (χ0) is 31.6. The van der Waals surface area contributed by atoms with E-state index in [1.165, 1.54) is 5.56 Å². The van der Waals surface area contributed by atoms with E-state index in [1.54, 1.807) is 4.90 Å². The fraction of sp³-hybridized carbons (Fsp3) is 0.270. The van der Waals surface area contributed by atoms with Crippen molar-refractivity contribution in [1.82, 2.24) is 4.90 Å². The van der Waals surface area contributed by atoms with Gasteiger partial charge in [-0.25, -0.2) is 4.79 Å². The number of piperidine rings is 1. The van der Waals surface area contributed by atoms with Gasteiger partial charge in [0.2, 0.25) is 10.4 Å². The molecule has 8 heteroatoms. The summed E-state index contributed by atoms with van der Waals surface area (Å²) >= 11 is 3.52. The molecule has 1 amide bonds. The van der Waals surface area contributed by atoms with Crippen molar-refractivity contribution in [2.24, 2.45) is 0 Å². The molecule has 1 N–H and O–H groups in total. The van der Waals surface area contributed by atoms with Crippen molar-refractivity contribution in [2.75, 3.05) is 13.1 Å². The Balaban J connectivity index is 1.23. The van der Waals surface area contributed by atoms with Crippen LogP contribution in [0.1, 0.15) is 50.7 Å². The van der Waals surface area contributed by atoms with Crippen LogP contribution in [0.2, 0.25) is 0 Å². The first-order valence-corrected chi connectivity index (χ1v) is 17.1. The van der Waals surface area contributed by atoms with Gasteiger partial charge in [-0.15, -0.1) is 0 Å². The second-order valence-corrected chi connectivity index (χ2v) is 14.6. The molecular formula is C37H37BrNO5S+. The van der Waals surface area contributed by atoms with Gasteiger partial charge in [0.25, 0.3) is 4.88 Å². The number of nitrogens with zero attached hydrogens (tertiary/aromatic N) is 1. The summed E-state index contributed by atoms with van der Waals surface area (Å²) in [7, 11) is -1.21. The molecule has 1 aliphatic rings. The van der Waals surface area contributed by atoms with E-state index in [0.29, 0.717) is 42.9 Å². The van der Waals surface area contributed by atoms with Crippen molar-refractivity contribution in [3.05, 3.63) is 113 Å². The van der Waals surface area contributed by atoms with Crippen LogP contribution in [0.25, 0.3) is 20.5 Å². The minimum atomic E-state index is -1.21. The average molecular weight is 688 g/mol. The number of halogens is 1. The van der Waals surface area contributed by atoms with Gasteiger partial charge in [0, 0.05) is 29.2 Å². The molecule has 0 spiro atoms. The van der Waals surface area contributed by atoms with Crippen LogP contribution < -0.4 is 9.47 Å². The number of ether oxygens (including phenoxy) is 3. The van der Waals surface area contributed by atoms with Crippen molar-refractivity contribution < 1.29 is 23.6 Å². The molecule has 1 aliphatic heterocycles. The lowest BCUT2D eigenvalue weighted by Gasteiger charge is -2.33. The highest BCUT2D eigenvalue weighted by molar-refractivity contribution is 9.10. The summed E-state index contributed by atoms with van der Waals surface area (Å²) in [6.07, 6.45) is 1.52. The molecule has 4 aromatic carbocycles. The maximum absolute atomic E-state index is 12.5. The van der Waals surface area contributed by atoms with Crippen molar-refractivity contribution >= 4 is 42.9 Å². The molecule has 0 aliphatic carbocycles. The first-order chi connectivity index (χ1) is 21.6. The van der Waals surface area contributed by atoms with Crippen LogP contribution in [0.15, 0.2) is 102 Å². The number of thiophene rings is 1. The monoisotopic (exact) mass is 686 g/mol. The molecule has 0 bridgehead atoms. The van der Waals surface area contributed by atoms with Crippen molar-refractivity contribution in [3.8, 4) is 27.7 Å². The van der Waals surface area contributed by atoms with Gasteiger partial charge in [0.1, 0.15) is 23.7 Å². The minimum absolute atomic E-state index is 0.242. The molecule has 45 heavy (non-hydrogen) atoms. The van der Waals surface area contributed by atoms with Crippen LogP contribution in [-0.4, -0.2) is 34.2 Å². The molecule has 0 saturated carbocycles. The highest BCUT2D eigenvalue weighted by Gasteiger charge is 2.32. The fourth-order valence-corrected chi connectivity index (χ4v) is 7.36. The number of fused-ring (bicyclic) bond motifs is 1. The maximum Gasteiger partial charge on any atom is 0.410 e. The van der Waals surface area contributed by atoms with E-state index in [2.05, 4.69) is 28.1 Å². The number of carbonyl (C=O) groups excluding carboxylic acids is 1. The van der Waals surface area contributed by atoms with Gasteiger partial charge in [-0.05, 0) is 99.2 Å². The Hall–Kier alpha value is -3.85. The summed E-state index contributed by atoms with van der Waals surface area (Å²) in [6, 6.07) is 32.0. The maximum atomic E-state index is 12.5. The van der Waals surface area contributed by atoms with Gasteiger partial charge >= 0.3 is 6.09 Å². The molecule has 0 radical (unpaired) electrons. The molecule has 1 fully saturated rings. The predicted octanol–water partition coefficient (Wildman–Crippen LogP) is 10.6. The van der Waals surface area contributed by atoms with Crippen LogP contribution in [0, 0.1) is 0 Å². The summed E-state index contributed by atoms with van der Waals surface area (Å²) in [6.45, 7) is 7.47.